The Morgan fingerprint density at radius 3 is 2.28 bits per heavy atom. The molecule has 180 valence electrons. The smallest absolute Gasteiger partial charge is 0.233 e. The number of carbonyl (C=O) groups is 2. The molecule has 8 heteroatoms. The minimum absolute atomic E-state index is 0. The van der Waals surface area contributed by atoms with Crippen LogP contribution in [0.25, 0.3) is 0 Å². The van der Waals surface area contributed by atoms with Crippen molar-refractivity contribution in [3.63, 3.8) is 0 Å². The molecule has 4 rings (SSSR count). The van der Waals surface area contributed by atoms with E-state index < -0.39 is 0 Å². The van der Waals surface area contributed by atoms with Crippen molar-refractivity contribution in [2.75, 3.05) is 45.8 Å². The van der Waals surface area contributed by atoms with Crippen molar-refractivity contribution in [3.8, 4) is 0 Å². The van der Waals surface area contributed by atoms with Crippen molar-refractivity contribution in [3.05, 3.63) is 12.2 Å². The van der Waals surface area contributed by atoms with Gasteiger partial charge >= 0.3 is 0 Å². The summed E-state index contributed by atoms with van der Waals surface area (Å²) in [6.45, 7) is 10.8. The molecule has 0 aromatic carbocycles. The van der Waals surface area contributed by atoms with E-state index in [0.717, 1.165) is 31.9 Å². The SMILES string of the molecule is CCCN1CCC(CN=C(NCC)NCCCN2C(=O)C3C4C=CC(C4)C3C2=O)CC1.I. The van der Waals surface area contributed by atoms with Gasteiger partial charge in [0.1, 0.15) is 0 Å². The summed E-state index contributed by atoms with van der Waals surface area (Å²) in [6, 6.07) is 0. The summed E-state index contributed by atoms with van der Waals surface area (Å²) in [6.07, 6.45) is 9.71. The van der Waals surface area contributed by atoms with Crippen LogP contribution in [0.4, 0.5) is 0 Å². The molecule has 0 radical (unpaired) electrons. The summed E-state index contributed by atoms with van der Waals surface area (Å²) >= 11 is 0. The lowest BCUT2D eigenvalue weighted by molar-refractivity contribution is -0.140. The van der Waals surface area contributed by atoms with E-state index in [1.807, 2.05) is 0 Å². The van der Waals surface area contributed by atoms with Crippen LogP contribution in [0.5, 0.6) is 0 Å². The number of allylic oxidation sites excluding steroid dienone is 2. The van der Waals surface area contributed by atoms with Crippen LogP contribution in [0, 0.1) is 29.6 Å². The average Bonchev–Trinajstić information content (AvgIpc) is 3.45. The summed E-state index contributed by atoms with van der Waals surface area (Å²) < 4.78 is 0. The second-order valence-corrected chi connectivity index (χ2v) is 9.61. The lowest BCUT2D eigenvalue weighted by atomic mass is 9.85. The highest BCUT2D eigenvalue weighted by atomic mass is 127. The standard InChI is InChI=1S/C24H39N5O2.HI/c1-3-11-28-13-8-17(9-14-28)16-27-24(25-4-2)26-10-5-12-29-22(30)20-18-6-7-19(15-18)21(20)23(29)31;/h6-7,17-21H,3-5,8-16H2,1-2H3,(H2,25,26,27);1H. The van der Waals surface area contributed by atoms with Crippen molar-refractivity contribution in [2.24, 2.45) is 34.6 Å². The minimum Gasteiger partial charge on any atom is -0.357 e. The molecule has 4 aliphatic rings. The lowest BCUT2D eigenvalue weighted by Crippen LogP contribution is -2.40. The molecule has 0 aromatic heterocycles. The van der Waals surface area contributed by atoms with Crippen LogP contribution >= 0.6 is 24.0 Å². The highest BCUT2D eigenvalue weighted by molar-refractivity contribution is 14.0. The Kier molecular flexibility index (Phi) is 9.40. The number of hydrogen-bond donors (Lipinski definition) is 2. The van der Waals surface area contributed by atoms with Gasteiger partial charge < -0.3 is 15.5 Å². The number of piperidine rings is 1. The van der Waals surface area contributed by atoms with Gasteiger partial charge in [-0.25, -0.2) is 0 Å². The first-order valence-electron chi connectivity index (χ1n) is 12.4. The Labute approximate surface area is 209 Å². The molecule has 1 saturated carbocycles. The van der Waals surface area contributed by atoms with E-state index in [-0.39, 0.29) is 59.5 Å². The number of hydrogen-bond acceptors (Lipinski definition) is 4. The quantitative estimate of drug-likeness (QED) is 0.114. The molecule has 4 unspecified atom stereocenters. The van der Waals surface area contributed by atoms with Gasteiger partial charge in [-0.15, -0.1) is 24.0 Å². The molecule has 2 N–H and O–H groups in total. The number of imide groups is 1. The van der Waals surface area contributed by atoms with Gasteiger partial charge in [0.25, 0.3) is 0 Å². The van der Waals surface area contributed by atoms with Gasteiger partial charge in [0, 0.05) is 26.2 Å². The van der Waals surface area contributed by atoms with Gasteiger partial charge in [0.05, 0.1) is 11.8 Å². The molecule has 32 heavy (non-hydrogen) atoms. The molecule has 3 fully saturated rings. The Hall–Kier alpha value is -1.16. The number of nitrogens with zero attached hydrogens (tertiary/aromatic N) is 3. The molecule has 2 aliphatic carbocycles. The topological polar surface area (TPSA) is 77.0 Å². The van der Waals surface area contributed by atoms with Crippen molar-refractivity contribution in [1.82, 2.24) is 20.4 Å². The van der Waals surface area contributed by atoms with E-state index in [4.69, 9.17) is 4.99 Å². The third-order valence-corrected chi connectivity index (χ3v) is 7.51. The van der Waals surface area contributed by atoms with Crippen molar-refractivity contribution in [1.29, 1.82) is 0 Å². The maximum Gasteiger partial charge on any atom is 0.233 e. The first-order chi connectivity index (χ1) is 15.1. The highest BCUT2D eigenvalue weighted by Gasteiger charge is 2.58. The normalized spacial score (nSPS) is 30.1. The fourth-order valence-electron chi connectivity index (χ4n) is 5.90. The number of amides is 2. The van der Waals surface area contributed by atoms with Gasteiger partial charge in [-0.2, -0.15) is 0 Å². The molecular weight excluding hydrogens is 517 g/mol. The van der Waals surface area contributed by atoms with Crippen molar-refractivity contribution in [2.45, 2.75) is 46.0 Å². The lowest BCUT2D eigenvalue weighted by Gasteiger charge is -2.31. The molecule has 0 spiro atoms. The van der Waals surface area contributed by atoms with Crippen LogP contribution in [0.2, 0.25) is 0 Å². The summed E-state index contributed by atoms with van der Waals surface area (Å²) in [5.41, 5.74) is 0. The van der Waals surface area contributed by atoms with E-state index in [1.165, 1.54) is 43.8 Å². The summed E-state index contributed by atoms with van der Waals surface area (Å²) in [4.78, 5) is 34.4. The largest absolute Gasteiger partial charge is 0.357 e. The van der Waals surface area contributed by atoms with Gasteiger partial charge in [-0.1, -0.05) is 19.1 Å². The third-order valence-electron chi connectivity index (χ3n) is 7.51. The Balaban J connectivity index is 0.00000289. The second kappa shape index (κ2) is 11.8. The average molecular weight is 558 g/mol. The van der Waals surface area contributed by atoms with Crippen LogP contribution in [0.3, 0.4) is 0 Å². The summed E-state index contributed by atoms with van der Waals surface area (Å²) in [5.74, 6) is 2.02. The maximum atomic E-state index is 12.8. The van der Waals surface area contributed by atoms with Crippen molar-refractivity contribution < 1.29 is 9.59 Å². The van der Waals surface area contributed by atoms with Crippen LogP contribution in [-0.2, 0) is 9.59 Å². The minimum atomic E-state index is -0.0851. The second-order valence-electron chi connectivity index (χ2n) is 9.61. The number of nitrogens with one attached hydrogen (secondary N) is 2. The number of fused-ring (bicyclic) bond motifs is 5. The van der Waals surface area contributed by atoms with Crippen molar-refractivity contribution >= 4 is 41.8 Å². The Morgan fingerprint density at radius 2 is 1.69 bits per heavy atom. The molecule has 2 aliphatic heterocycles. The maximum absolute atomic E-state index is 12.8. The predicted octanol–water partition coefficient (Wildman–Crippen LogP) is 2.48. The third kappa shape index (κ3) is 5.48. The molecule has 7 nitrogen and oxygen atoms in total. The van der Waals surface area contributed by atoms with E-state index in [9.17, 15) is 9.59 Å². The molecular formula is C24H40IN5O2. The summed E-state index contributed by atoms with van der Waals surface area (Å²) in [5, 5.41) is 6.71. The zero-order valence-electron chi connectivity index (χ0n) is 19.6. The molecule has 2 bridgehead atoms. The van der Waals surface area contributed by atoms with E-state index in [0.29, 0.717) is 19.0 Å². The van der Waals surface area contributed by atoms with Crippen LogP contribution in [0.1, 0.15) is 46.0 Å². The molecule has 2 amide bonds. The van der Waals surface area contributed by atoms with Crippen LogP contribution in [-0.4, -0.2) is 73.4 Å². The summed E-state index contributed by atoms with van der Waals surface area (Å²) in [7, 11) is 0. The molecule has 0 aromatic rings. The number of guanidine groups is 1. The predicted molar refractivity (Wildman–Crippen MR) is 138 cm³/mol. The number of aliphatic imine (C=N–C) groups is 1. The van der Waals surface area contributed by atoms with E-state index in [2.05, 4.69) is 41.5 Å². The number of rotatable bonds is 9. The molecule has 2 saturated heterocycles. The van der Waals surface area contributed by atoms with Gasteiger partial charge in [-0.05, 0) is 76.4 Å². The number of likely N-dealkylation sites (tertiary alicyclic amines) is 2. The van der Waals surface area contributed by atoms with Crippen LogP contribution in [0.15, 0.2) is 17.1 Å². The van der Waals surface area contributed by atoms with E-state index >= 15 is 0 Å². The Bertz CT molecular complexity index is 689. The monoisotopic (exact) mass is 557 g/mol. The first kappa shape index (κ1) is 25.5. The van der Waals surface area contributed by atoms with Gasteiger partial charge in [0.15, 0.2) is 5.96 Å². The number of carbonyl (C=O) groups excluding carboxylic acids is 2. The van der Waals surface area contributed by atoms with E-state index in [1.54, 1.807) is 0 Å². The Morgan fingerprint density at radius 1 is 1.03 bits per heavy atom. The number of halogens is 1. The zero-order chi connectivity index (χ0) is 21.8. The van der Waals surface area contributed by atoms with Gasteiger partial charge in [0.2, 0.25) is 11.8 Å². The van der Waals surface area contributed by atoms with Gasteiger partial charge in [-0.3, -0.25) is 19.5 Å². The zero-order valence-corrected chi connectivity index (χ0v) is 21.9. The fourth-order valence-corrected chi connectivity index (χ4v) is 5.90. The highest BCUT2D eigenvalue weighted by Crippen LogP contribution is 2.52. The molecule has 4 atom stereocenters. The first-order valence-corrected chi connectivity index (χ1v) is 12.4. The molecule has 2 heterocycles. The van der Waals surface area contributed by atoms with Crippen LogP contribution < -0.4 is 10.6 Å². The fraction of sp³-hybridized carbons (Fsp3) is 0.792.